The van der Waals surface area contributed by atoms with E-state index in [4.69, 9.17) is 4.42 Å². The number of nitrogens with zero attached hydrogens (tertiary/aromatic N) is 1. The number of nitrogens with one attached hydrogen (secondary N) is 1. The van der Waals surface area contributed by atoms with E-state index in [1.165, 1.54) is 0 Å². The van der Waals surface area contributed by atoms with Crippen molar-refractivity contribution >= 4 is 5.91 Å². The lowest BCUT2D eigenvalue weighted by atomic mass is 10.0. The maximum atomic E-state index is 11.7. The maximum absolute atomic E-state index is 11.7. The van der Waals surface area contributed by atoms with Crippen molar-refractivity contribution in [2.75, 3.05) is 13.1 Å². The van der Waals surface area contributed by atoms with Gasteiger partial charge in [-0.3, -0.25) is 9.69 Å². The summed E-state index contributed by atoms with van der Waals surface area (Å²) < 4.78 is 5.36. The highest BCUT2D eigenvalue weighted by Gasteiger charge is 2.22. The average Bonchev–Trinajstić information content (AvgIpc) is 2.82. The Morgan fingerprint density at radius 2 is 2.44 bits per heavy atom. The molecule has 1 fully saturated rings. The first-order valence-corrected chi connectivity index (χ1v) is 6.70. The van der Waals surface area contributed by atoms with Crippen LogP contribution >= 0.6 is 0 Å². The van der Waals surface area contributed by atoms with Gasteiger partial charge in [0.15, 0.2) is 0 Å². The smallest absolute Gasteiger partial charge is 0.222 e. The molecule has 0 unspecified atom stereocenters. The van der Waals surface area contributed by atoms with E-state index >= 15 is 0 Å². The molecule has 0 aromatic carbocycles. The van der Waals surface area contributed by atoms with Gasteiger partial charge < -0.3 is 9.73 Å². The molecule has 1 amide bonds. The maximum Gasteiger partial charge on any atom is 0.222 e. The number of likely N-dealkylation sites (tertiary alicyclic amines) is 1. The van der Waals surface area contributed by atoms with Crippen molar-refractivity contribution in [3.05, 3.63) is 24.2 Å². The third-order valence-corrected chi connectivity index (χ3v) is 3.34. The third-order valence-electron chi connectivity index (χ3n) is 3.34. The molecule has 0 radical (unpaired) electrons. The minimum absolute atomic E-state index is 0.0606. The quantitative estimate of drug-likeness (QED) is 0.889. The molecule has 18 heavy (non-hydrogen) atoms. The molecule has 1 aromatic rings. The summed E-state index contributed by atoms with van der Waals surface area (Å²) in [6.45, 7) is 6.69. The minimum Gasteiger partial charge on any atom is -0.468 e. The summed E-state index contributed by atoms with van der Waals surface area (Å²) in [5.74, 6) is 1.20. The van der Waals surface area contributed by atoms with Crippen molar-refractivity contribution in [2.24, 2.45) is 5.92 Å². The molecule has 1 atom stereocenters. The molecule has 1 saturated heterocycles. The molecule has 100 valence electrons. The lowest BCUT2D eigenvalue weighted by Gasteiger charge is -2.32. The van der Waals surface area contributed by atoms with Crippen LogP contribution in [0.25, 0.3) is 0 Å². The Labute approximate surface area is 108 Å². The zero-order valence-corrected chi connectivity index (χ0v) is 11.2. The highest BCUT2D eigenvalue weighted by Crippen LogP contribution is 2.14. The Hall–Kier alpha value is -1.29. The summed E-state index contributed by atoms with van der Waals surface area (Å²) in [6, 6.07) is 4.19. The number of carbonyl (C=O) groups excluding carboxylic acids is 1. The molecular formula is C14H22N2O2. The van der Waals surface area contributed by atoms with E-state index in [0.29, 0.717) is 0 Å². The van der Waals surface area contributed by atoms with Crippen molar-refractivity contribution in [1.29, 1.82) is 0 Å². The lowest BCUT2D eigenvalue weighted by Crippen LogP contribution is -2.48. The van der Waals surface area contributed by atoms with Crippen LogP contribution in [-0.4, -0.2) is 29.9 Å². The van der Waals surface area contributed by atoms with Gasteiger partial charge in [-0.1, -0.05) is 13.8 Å². The van der Waals surface area contributed by atoms with Crippen molar-refractivity contribution in [3.8, 4) is 0 Å². The van der Waals surface area contributed by atoms with Gasteiger partial charge in [0.2, 0.25) is 5.91 Å². The summed E-state index contributed by atoms with van der Waals surface area (Å²) in [5, 5.41) is 3.12. The third kappa shape index (κ3) is 3.60. The average molecular weight is 250 g/mol. The van der Waals surface area contributed by atoms with E-state index in [9.17, 15) is 4.79 Å². The Bertz CT molecular complexity index is 373. The number of carbonyl (C=O) groups is 1. The van der Waals surface area contributed by atoms with Gasteiger partial charge in [-0.15, -0.1) is 0 Å². The first-order valence-electron chi connectivity index (χ1n) is 6.70. The van der Waals surface area contributed by atoms with Crippen LogP contribution in [0.3, 0.4) is 0 Å². The van der Waals surface area contributed by atoms with Crippen LogP contribution in [0.4, 0.5) is 0 Å². The summed E-state index contributed by atoms with van der Waals surface area (Å²) in [7, 11) is 0. The van der Waals surface area contributed by atoms with Gasteiger partial charge in [0, 0.05) is 18.5 Å². The molecule has 0 spiro atoms. The number of hydrogen-bond acceptors (Lipinski definition) is 3. The molecule has 1 aromatic heterocycles. The topological polar surface area (TPSA) is 45.5 Å². The molecule has 2 rings (SSSR count). The van der Waals surface area contributed by atoms with Crippen molar-refractivity contribution in [1.82, 2.24) is 10.2 Å². The molecule has 0 aliphatic carbocycles. The van der Waals surface area contributed by atoms with Gasteiger partial charge in [0.1, 0.15) is 5.76 Å². The van der Waals surface area contributed by atoms with E-state index in [2.05, 4.69) is 10.2 Å². The summed E-state index contributed by atoms with van der Waals surface area (Å²) in [4.78, 5) is 14.0. The standard InChI is InChI=1S/C14H22N2O2/c1-11(2)14(17)15-12-5-3-7-16(9-12)10-13-6-4-8-18-13/h4,6,8,11-12H,3,5,7,9-10H2,1-2H3,(H,15,17)/t12-/m0/s1. The van der Waals surface area contributed by atoms with Crippen LogP contribution in [0.5, 0.6) is 0 Å². The van der Waals surface area contributed by atoms with Gasteiger partial charge in [-0.25, -0.2) is 0 Å². The molecule has 4 heteroatoms. The van der Waals surface area contributed by atoms with Crippen molar-refractivity contribution in [2.45, 2.75) is 39.3 Å². The Morgan fingerprint density at radius 3 is 3.11 bits per heavy atom. The summed E-state index contributed by atoms with van der Waals surface area (Å²) in [6.07, 6.45) is 3.91. The van der Waals surface area contributed by atoms with E-state index < -0.39 is 0 Å². The monoisotopic (exact) mass is 250 g/mol. The van der Waals surface area contributed by atoms with E-state index in [1.807, 2.05) is 26.0 Å². The number of hydrogen-bond donors (Lipinski definition) is 1. The Kier molecular flexibility index (Phi) is 4.42. The molecule has 1 aliphatic rings. The highest BCUT2D eigenvalue weighted by atomic mass is 16.3. The van der Waals surface area contributed by atoms with Gasteiger partial charge in [0.05, 0.1) is 12.8 Å². The predicted molar refractivity (Wildman–Crippen MR) is 70.0 cm³/mol. The van der Waals surface area contributed by atoms with Crippen molar-refractivity contribution < 1.29 is 9.21 Å². The van der Waals surface area contributed by atoms with Gasteiger partial charge in [-0.05, 0) is 31.5 Å². The Morgan fingerprint density at radius 1 is 1.61 bits per heavy atom. The molecule has 2 heterocycles. The normalized spacial score (nSPS) is 21.2. The molecule has 0 bridgehead atoms. The fourth-order valence-corrected chi connectivity index (χ4v) is 2.31. The zero-order valence-electron chi connectivity index (χ0n) is 11.2. The Balaban J connectivity index is 1.83. The largest absolute Gasteiger partial charge is 0.468 e. The zero-order chi connectivity index (χ0) is 13.0. The van der Waals surface area contributed by atoms with Crippen LogP contribution < -0.4 is 5.32 Å². The van der Waals surface area contributed by atoms with Gasteiger partial charge in [-0.2, -0.15) is 0 Å². The second kappa shape index (κ2) is 6.05. The number of piperidine rings is 1. The van der Waals surface area contributed by atoms with Crippen LogP contribution in [-0.2, 0) is 11.3 Å². The molecule has 1 aliphatic heterocycles. The van der Waals surface area contributed by atoms with Gasteiger partial charge >= 0.3 is 0 Å². The number of amides is 1. The molecule has 0 saturated carbocycles. The first kappa shape index (κ1) is 13.1. The summed E-state index contributed by atoms with van der Waals surface area (Å²) in [5.41, 5.74) is 0. The predicted octanol–water partition coefficient (Wildman–Crippen LogP) is 2.02. The van der Waals surface area contributed by atoms with Crippen LogP contribution in [0.15, 0.2) is 22.8 Å². The summed E-state index contributed by atoms with van der Waals surface area (Å²) >= 11 is 0. The van der Waals surface area contributed by atoms with Crippen LogP contribution in [0, 0.1) is 5.92 Å². The lowest BCUT2D eigenvalue weighted by molar-refractivity contribution is -0.125. The van der Waals surface area contributed by atoms with E-state index in [0.717, 1.165) is 38.2 Å². The van der Waals surface area contributed by atoms with E-state index in [1.54, 1.807) is 6.26 Å². The fraction of sp³-hybridized carbons (Fsp3) is 0.643. The van der Waals surface area contributed by atoms with Crippen LogP contribution in [0.2, 0.25) is 0 Å². The second-order valence-corrected chi connectivity index (χ2v) is 5.32. The molecular weight excluding hydrogens is 228 g/mol. The number of rotatable bonds is 4. The van der Waals surface area contributed by atoms with Crippen molar-refractivity contribution in [3.63, 3.8) is 0 Å². The fourth-order valence-electron chi connectivity index (χ4n) is 2.31. The van der Waals surface area contributed by atoms with Gasteiger partial charge in [0.25, 0.3) is 0 Å². The molecule has 4 nitrogen and oxygen atoms in total. The highest BCUT2D eigenvalue weighted by molar-refractivity contribution is 5.78. The van der Waals surface area contributed by atoms with Crippen LogP contribution in [0.1, 0.15) is 32.4 Å². The minimum atomic E-state index is 0.0606. The SMILES string of the molecule is CC(C)C(=O)N[C@H]1CCCN(Cc2ccco2)C1. The second-order valence-electron chi connectivity index (χ2n) is 5.32. The van der Waals surface area contributed by atoms with E-state index in [-0.39, 0.29) is 17.9 Å². The first-order chi connectivity index (χ1) is 8.65. The molecule has 1 N–H and O–H groups in total. The number of furan rings is 1.